The number of aliphatic hydroxyl groups excluding tert-OH is 1. The molecule has 1 aliphatic carbocycles. The Morgan fingerprint density at radius 3 is 2.27 bits per heavy atom. The Kier molecular flexibility index (Phi) is 3.72. The number of anilines is 2. The Hall–Kier alpha value is -2.18. The lowest BCUT2D eigenvalue weighted by molar-refractivity contribution is 0.0980. The standard InChI is InChI=1S/C16H13BrN2O3/c17-10-7-11(19-5-6-20)12-13(14(10)18)16(22)9-4-2-1-3-8(9)15(12)21/h1-4,7,19-20H,5-6,18H2. The minimum absolute atomic E-state index is 0.0878. The molecule has 0 saturated heterocycles. The molecule has 5 nitrogen and oxygen atoms in total. The Morgan fingerprint density at radius 1 is 1.09 bits per heavy atom. The second kappa shape index (κ2) is 5.55. The van der Waals surface area contributed by atoms with E-state index in [2.05, 4.69) is 21.2 Å². The number of aliphatic hydroxyl groups is 1. The van der Waals surface area contributed by atoms with E-state index >= 15 is 0 Å². The van der Waals surface area contributed by atoms with Crippen LogP contribution in [0.4, 0.5) is 11.4 Å². The van der Waals surface area contributed by atoms with Gasteiger partial charge in [0, 0.05) is 27.8 Å². The van der Waals surface area contributed by atoms with E-state index in [-0.39, 0.29) is 41.5 Å². The number of nitrogens with one attached hydrogen (secondary N) is 1. The van der Waals surface area contributed by atoms with Crippen molar-refractivity contribution in [1.82, 2.24) is 0 Å². The molecule has 0 atom stereocenters. The molecular weight excluding hydrogens is 348 g/mol. The summed E-state index contributed by atoms with van der Waals surface area (Å²) in [5, 5.41) is 11.9. The molecule has 0 bridgehead atoms. The lowest BCUT2D eigenvalue weighted by Crippen LogP contribution is -2.24. The second-order valence-corrected chi connectivity index (χ2v) is 5.78. The van der Waals surface area contributed by atoms with E-state index < -0.39 is 0 Å². The molecule has 0 aliphatic heterocycles. The number of ketones is 2. The van der Waals surface area contributed by atoms with Gasteiger partial charge < -0.3 is 16.2 Å². The monoisotopic (exact) mass is 360 g/mol. The van der Waals surface area contributed by atoms with E-state index in [4.69, 9.17) is 10.8 Å². The molecule has 22 heavy (non-hydrogen) atoms. The van der Waals surface area contributed by atoms with Crippen LogP contribution in [0.2, 0.25) is 0 Å². The maximum Gasteiger partial charge on any atom is 0.196 e. The molecule has 0 saturated carbocycles. The van der Waals surface area contributed by atoms with Crippen molar-refractivity contribution in [2.45, 2.75) is 0 Å². The lowest BCUT2D eigenvalue weighted by Gasteiger charge is -2.23. The number of benzene rings is 2. The molecule has 0 unspecified atom stereocenters. The Bertz CT molecular complexity index is 802. The number of rotatable bonds is 3. The first-order valence-electron chi connectivity index (χ1n) is 6.71. The smallest absolute Gasteiger partial charge is 0.196 e. The van der Waals surface area contributed by atoms with E-state index in [0.29, 0.717) is 21.3 Å². The SMILES string of the molecule is Nc1c(Br)cc(NCCO)c2c1C(=O)c1ccccc1C2=O. The molecule has 2 aromatic rings. The minimum atomic E-state index is -0.268. The van der Waals surface area contributed by atoms with Gasteiger partial charge in [-0.25, -0.2) is 0 Å². The average Bonchev–Trinajstić information content (AvgIpc) is 2.53. The fraction of sp³-hybridized carbons (Fsp3) is 0.125. The third-order valence-corrected chi connectivity index (χ3v) is 4.27. The van der Waals surface area contributed by atoms with Gasteiger partial charge in [0.15, 0.2) is 11.6 Å². The highest BCUT2D eigenvalue weighted by Gasteiger charge is 2.34. The predicted molar refractivity (Wildman–Crippen MR) is 87.4 cm³/mol. The van der Waals surface area contributed by atoms with Crippen molar-refractivity contribution < 1.29 is 14.7 Å². The molecule has 1 aliphatic rings. The van der Waals surface area contributed by atoms with Gasteiger partial charge in [-0.1, -0.05) is 24.3 Å². The molecule has 4 N–H and O–H groups in total. The summed E-state index contributed by atoms with van der Waals surface area (Å²) in [6.45, 7) is 0.182. The third kappa shape index (κ3) is 2.12. The highest BCUT2D eigenvalue weighted by molar-refractivity contribution is 9.10. The average molecular weight is 361 g/mol. The number of nitrogen functional groups attached to an aromatic ring is 1. The van der Waals surface area contributed by atoms with Crippen molar-refractivity contribution >= 4 is 38.9 Å². The van der Waals surface area contributed by atoms with Gasteiger partial charge in [-0.3, -0.25) is 9.59 Å². The van der Waals surface area contributed by atoms with Gasteiger partial charge in [0.05, 0.1) is 23.4 Å². The maximum absolute atomic E-state index is 12.8. The van der Waals surface area contributed by atoms with Crippen LogP contribution in [0, 0.1) is 0 Å². The quantitative estimate of drug-likeness (QED) is 0.622. The fourth-order valence-electron chi connectivity index (χ4n) is 2.62. The predicted octanol–water partition coefficient (Wildman–Crippen LogP) is 2.21. The Labute approximate surface area is 135 Å². The third-order valence-electron chi connectivity index (χ3n) is 3.61. The fourth-order valence-corrected chi connectivity index (χ4v) is 3.04. The van der Waals surface area contributed by atoms with Gasteiger partial charge in [-0.05, 0) is 22.0 Å². The summed E-state index contributed by atoms with van der Waals surface area (Å²) < 4.78 is 0.534. The summed E-state index contributed by atoms with van der Waals surface area (Å²) in [4.78, 5) is 25.5. The number of carbonyl (C=O) groups is 2. The molecule has 6 heteroatoms. The zero-order valence-electron chi connectivity index (χ0n) is 11.5. The number of carbonyl (C=O) groups excluding carboxylic acids is 2. The normalized spacial score (nSPS) is 12.8. The van der Waals surface area contributed by atoms with E-state index in [9.17, 15) is 9.59 Å². The summed E-state index contributed by atoms with van der Waals surface area (Å²) >= 11 is 3.31. The van der Waals surface area contributed by atoms with Crippen LogP contribution in [0.3, 0.4) is 0 Å². The number of nitrogens with two attached hydrogens (primary N) is 1. The van der Waals surface area contributed by atoms with Crippen LogP contribution in [0.25, 0.3) is 0 Å². The van der Waals surface area contributed by atoms with Crippen molar-refractivity contribution in [2.24, 2.45) is 0 Å². The highest BCUT2D eigenvalue weighted by Crippen LogP contribution is 2.39. The van der Waals surface area contributed by atoms with Crippen molar-refractivity contribution in [3.8, 4) is 0 Å². The van der Waals surface area contributed by atoms with Gasteiger partial charge in [-0.15, -0.1) is 0 Å². The maximum atomic E-state index is 12.8. The first kappa shape index (κ1) is 14.7. The van der Waals surface area contributed by atoms with Crippen LogP contribution in [0.1, 0.15) is 31.8 Å². The van der Waals surface area contributed by atoms with Crippen LogP contribution >= 0.6 is 15.9 Å². The topological polar surface area (TPSA) is 92.4 Å². The zero-order valence-corrected chi connectivity index (χ0v) is 13.1. The number of fused-ring (bicyclic) bond motifs is 2. The lowest BCUT2D eigenvalue weighted by atomic mass is 9.82. The largest absolute Gasteiger partial charge is 0.397 e. The molecule has 3 rings (SSSR count). The van der Waals surface area contributed by atoms with Gasteiger partial charge in [-0.2, -0.15) is 0 Å². The van der Waals surface area contributed by atoms with Crippen LogP contribution in [0.15, 0.2) is 34.8 Å². The number of hydrogen-bond donors (Lipinski definition) is 3. The van der Waals surface area contributed by atoms with E-state index in [1.54, 1.807) is 30.3 Å². The van der Waals surface area contributed by atoms with E-state index in [0.717, 1.165) is 0 Å². The minimum Gasteiger partial charge on any atom is -0.397 e. The number of hydrogen-bond acceptors (Lipinski definition) is 5. The van der Waals surface area contributed by atoms with Crippen LogP contribution < -0.4 is 11.1 Å². The molecule has 0 spiro atoms. The molecular formula is C16H13BrN2O3. The van der Waals surface area contributed by atoms with Crippen molar-refractivity contribution in [2.75, 3.05) is 24.2 Å². The van der Waals surface area contributed by atoms with Crippen LogP contribution in [-0.4, -0.2) is 29.8 Å². The molecule has 0 fully saturated rings. The first-order chi connectivity index (χ1) is 10.6. The second-order valence-electron chi connectivity index (χ2n) is 4.92. The van der Waals surface area contributed by atoms with Gasteiger partial charge in [0.2, 0.25) is 0 Å². The van der Waals surface area contributed by atoms with Gasteiger partial charge in [0.25, 0.3) is 0 Å². The molecule has 0 amide bonds. The van der Waals surface area contributed by atoms with Gasteiger partial charge >= 0.3 is 0 Å². The molecule has 0 heterocycles. The van der Waals surface area contributed by atoms with Crippen molar-refractivity contribution in [3.05, 3.63) is 57.1 Å². The summed E-state index contributed by atoms with van der Waals surface area (Å²) in [7, 11) is 0. The summed E-state index contributed by atoms with van der Waals surface area (Å²) in [6, 6.07) is 8.35. The van der Waals surface area contributed by atoms with Crippen molar-refractivity contribution in [3.63, 3.8) is 0 Å². The van der Waals surface area contributed by atoms with Crippen LogP contribution in [0.5, 0.6) is 0 Å². The summed E-state index contributed by atoms with van der Waals surface area (Å²) in [5.41, 5.74) is 7.94. The zero-order chi connectivity index (χ0) is 15.9. The number of halogens is 1. The molecule has 112 valence electrons. The highest BCUT2D eigenvalue weighted by atomic mass is 79.9. The summed E-state index contributed by atoms with van der Waals surface area (Å²) in [6.07, 6.45) is 0. The first-order valence-corrected chi connectivity index (χ1v) is 7.50. The van der Waals surface area contributed by atoms with Crippen molar-refractivity contribution in [1.29, 1.82) is 0 Å². The Balaban J connectivity index is 2.29. The molecule has 2 aromatic carbocycles. The van der Waals surface area contributed by atoms with Crippen LogP contribution in [-0.2, 0) is 0 Å². The van der Waals surface area contributed by atoms with Gasteiger partial charge in [0.1, 0.15) is 0 Å². The van der Waals surface area contributed by atoms with E-state index in [1.807, 2.05) is 0 Å². The van der Waals surface area contributed by atoms with E-state index in [1.165, 1.54) is 0 Å². The summed E-state index contributed by atoms with van der Waals surface area (Å²) in [5.74, 6) is -0.513. The molecule has 0 radical (unpaired) electrons. The Morgan fingerprint density at radius 2 is 1.68 bits per heavy atom. The molecule has 0 aromatic heterocycles.